The molecule has 0 aliphatic carbocycles. The van der Waals surface area contributed by atoms with E-state index in [4.69, 9.17) is 21.8 Å². The van der Waals surface area contributed by atoms with E-state index in [0.717, 1.165) is 11.1 Å². The molecule has 5 heteroatoms. The van der Waals surface area contributed by atoms with Crippen LogP contribution in [0.1, 0.15) is 17.5 Å². The second-order valence-corrected chi connectivity index (χ2v) is 4.67. The third kappa shape index (κ3) is 3.46. The number of carboxylic acid groups (broad SMARTS) is 2. The fourth-order valence-corrected chi connectivity index (χ4v) is 1.82. The molecule has 0 amide bonds. The Kier molecular flexibility index (Phi) is 4.12. The van der Waals surface area contributed by atoms with E-state index < -0.39 is 23.2 Å². The summed E-state index contributed by atoms with van der Waals surface area (Å²) in [6, 6.07) is 7.17. The molecule has 0 aromatic heterocycles. The quantitative estimate of drug-likeness (QED) is 0.791. The maximum atomic E-state index is 11.1. The van der Waals surface area contributed by atoms with Gasteiger partial charge in [0.15, 0.2) is 4.87 Å². The van der Waals surface area contributed by atoms with Gasteiger partial charge in [0.05, 0.1) is 6.42 Å². The van der Waals surface area contributed by atoms with E-state index in [1.54, 1.807) is 12.1 Å². The van der Waals surface area contributed by atoms with Gasteiger partial charge in [-0.3, -0.25) is 9.59 Å². The lowest BCUT2D eigenvalue weighted by Crippen LogP contribution is -2.37. The fourth-order valence-electron chi connectivity index (χ4n) is 1.56. The van der Waals surface area contributed by atoms with E-state index in [1.807, 2.05) is 19.1 Å². The molecule has 17 heavy (non-hydrogen) atoms. The normalized spacial score (nSPS) is 14.0. The van der Waals surface area contributed by atoms with Gasteiger partial charge in [0, 0.05) is 6.42 Å². The Morgan fingerprint density at radius 2 is 1.88 bits per heavy atom. The van der Waals surface area contributed by atoms with Crippen molar-refractivity contribution < 1.29 is 19.8 Å². The fraction of sp³-hybridized carbons (Fsp3) is 0.333. The molecule has 1 atom stereocenters. The molecule has 0 saturated heterocycles. The number of rotatable bonds is 5. The number of carboxylic acids is 2. The van der Waals surface area contributed by atoms with E-state index >= 15 is 0 Å². The Bertz CT molecular complexity index is 444. The Balaban J connectivity index is 2.99. The number of alkyl halides is 1. The standard InChI is InChI=1S/C12H13ClO4/c1-8-4-2-3-5-9(8)6-12(13,11(16)17)7-10(14)15/h2-5H,6-7H2,1H3,(H,14,15)(H,16,17)/t12-/m1/s1. The summed E-state index contributed by atoms with van der Waals surface area (Å²) in [4.78, 5) is 19.9. The van der Waals surface area contributed by atoms with Crippen LogP contribution in [-0.2, 0) is 16.0 Å². The molecule has 0 unspecified atom stereocenters. The van der Waals surface area contributed by atoms with E-state index in [0.29, 0.717) is 0 Å². The number of halogens is 1. The minimum atomic E-state index is -1.79. The summed E-state index contributed by atoms with van der Waals surface area (Å²) >= 11 is 5.90. The minimum Gasteiger partial charge on any atom is -0.481 e. The minimum absolute atomic E-state index is 0.0110. The number of hydrogen-bond acceptors (Lipinski definition) is 2. The molecule has 4 nitrogen and oxygen atoms in total. The van der Waals surface area contributed by atoms with Crippen molar-refractivity contribution in [2.24, 2.45) is 0 Å². The first-order valence-electron chi connectivity index (χ1n) is 5.04. The lowest BCUT2D eigenvalue weighted by Gasteiger charge is -2.21. The lowest BCUT2D eigenvalue weighted by atomic mass is 9.93. The molecular formula is C12H13ClO4. The predicted molar refractivity (Wildman–Crippen MR) is 63.4 cm³/mol. The van der Waals surface area contributed by atoms with Gasteiger partial charge in [0.1, 0.15) is 0 Å². The van der Waals surface area contributed by atoms with Crippen molar-refractivity contribution in [3.05, 3.63) is 35.4 Å². The first kappa shape index (κ1) is 13.5. The van der Waals surface area contributed by atoms with Crippen LogP contribution in [0.3, 0.4) is 0 Å². The molecule has 0 fully saturated rings. The zero-order valence-corrected chi connectivity index (χ0v) is 10.1. The van der Waals surface area contributed by atoms with Crippen molar-refractivity contribution >= 4 is 23.5 Å². The highest BCUT2D eigenvalue weighted by Crippen LogP contribution is 2.27. The van der Waals surface area contributed by atoms with Gasteiger partial charge < -0.3 is 10.2 Å². The largest absolute Gasteiger partial charge is 0.481 e. The molecule has 0 spiro atoms. The van der Waals surface area contributed by atoms with E-state index in [2.05, 4.69) is 0 Å². The molecule has 0 saturated carbocycles. The summed E-state index contributed by atoms with van der Waals surface area (Å²) in [6.45, 7) is 1.83. The Morgan fingerprint density at radius 1 is 1.29 bits per heavy atom. The maximum absolute atomic E-state index is 11.1. The van der Waals surface area contributed by atoms with Gasteiger partial charge in [-0.05, 0) is 18.1 Å². The summed E-state index contributed by atoms with van der Waals surface area (Å²) in [5.74, 6) is -2.54. The Morgan fingerprint density at radius 3 is 2.35 bits per heavy atom. The maximum Gasteiger partial charge on any atom is 0.325 e. The highest BCUT2D eigenvalue weighted by atomic mass is 35.5. The van der Waals surface area contributed by atoms with Gasteiger partial charge in [-0.15, -0.1) is 11.6 Å². The number of carbonyl (C=O) groups is 2. The van der Waals surface area contributed by atoms with Crippen molar-refractivity contribution in [3.8, 4) is 0 Å². The van der Waals surface area contributed by atoms with Crippen LogP contribution in [-0.4, -0.2) is 27.0 Å². The first-order valence-corrected chi connectivity index (χ1v) is 5.41. The van der Waals surface area contributed by atoms with Gasteiger partial charge in [-0.2, -0.15) is 0 Å². The van der Waals surface area contributed by atoms with Gasteiger partial charge in [-0.25, -0.2) is 0 Å². The smallest absolute Gasteiger partial charge is 0.325 e. The third-order valence-corrected chi connectivity index (χ3v) is 2.98. The summed E-state index contributed by atoms with van der Waals surface area (Å²) in [7, 11) is 0. The number of aliphatic carboxylic acids is 2. The topological polar surface area (TPSA) is 74.6 Å². The summed E-state index contributed by atoms with van der Waals surface area (Å²) in [6.07, 6.45) is -0.624. The molecule has 1 aromatic rings. The van der Waals surface area contributed by atoms with Crippen molar-refractivity contribution in [2.45, 2.75) is 24.6 Å². The molecular weight excluding hydrogens is 244 g/mol. The lowest BCUT2D eigenvalue weighted by molar-refractivity contribution is -0.146. The number of benzene rings is 1. The van der Waals surface area contributed by atoms with Gasteiger partial charge in [0.25, 0.3) is 0 Å². The van der Waals surface area contributed by atoms with Crippen LogP contribution < -0.4 is 0 Å². The molecule has 0 bridgehead atoms. The molecule has 2 N–H and O–H groups in total. The molecule has 1 rings (SSSR count). The molecule has 0 aliphatic rings. The zero-order chi connectivity index (χ0) is 13.1. The van der Waals surface area contributed by atoms with Crippen molar-refractivity contribution in [1.29, 1.82) is 0 Å². The van der Waals surface area contributed by atoms with Crippen molar-refractivity contribution in [1.82, 2.24) is 0 Å². The van der Waals surface area contributed by atoms with Crippen LogP contribution in [0.25, 0.3) is 0 Å². The highest BCUT2D eigenvalue weighted by molar-refractivity contribution is 6.34. The first-order chi connectivity index (χ1) is 7.85. The molecule has 1 aromatic carbocycles. The van der Waals surface area contributed by atoms with Crippen molar-refractivity contribution in [3.63, 3.8) is 0 Å². The summed E-state index contributed by atoms with van der Waals surface area (Å²) in [5.41, 5.74) is 1.63. The van der Waals surface area contributed by atoms with E-state index in [1.165, 1.54) is 0 Å². The Hall–Kier alpha value is -1.55. The van der Waals surface area contributed by atoms with Crippen LogP contribution in [0.5, 0.6) is 0 Å². The predicted octanol–water partition coefficient (Wildman–Crippen LogP) is 2.07. The second kappa shape index (κ2) is 5.19. The van der Waals surface area contributed by atoms with Crippen LogP contribution in [0.2, 0.25) is 0 Å². The van der Waals surface area contributed by atoms with Crippen molar-refractivity contribution in [2.75, 3.05) is 0 Å². The SMILES string of the molecule is Cc1ccccc1C[C@@](Cl)(CC(=O)O)C(=O)O. The third-order valence-electron chi connectivity index (χ3n) is 2.55. The van der Waals surface area contributed by atoms with E-state index in [9.17, 15) is 9.59 Å². The van der Waals surface area contributed by atoms with Gasteiger partial charge >= 0.3 is 11.9 Å². The zero-order valence-electron chi connectivity index (χ0n) is 9.31. The van der Waals surface area contributed by atoms with Crippen LogP contribution in [0.4, 0.5) is 0 Å². The monoisotopic (exact) mass is 256 g/mol. The summed E-state index contributed by atoms with van der Waals surface area (Å²) < 4.78 is 0. The molecule has 0 heterocycles. The average Bonchev–Trinajstić information content (AvgIpc) is 2.20. The molecule has 0 aliphatic heterocycles. The Labute approximate surface area is 104 Å². The van der Waals surface area contributed by atoms with Gasteiger partial charge in [0.2, 0.25) is 0 Å². The molecule has 0 radical (unpaired) electrons. The van der Waals surface area contributed by atoms with Crippen LogP contribution in [0.15, 0.2) is 24.3 Å². The highest BCUT2D eigenvalue weighted by Gasteiger charge is 2.39. The molecule has 92 valence electrons. The van der Waals surface area contributed by atoms with Gasteiger partial charge in [-0.1, -0.05) is 24.3 Å². The van der Waals surface area contributed by atoms with E-state index in [-0.39, 0.29) is 6.42 Å². The second-order valence-electron chi connectivity index (χ2n) is 3.94. The van der Waals surface area contributed by atoms with Crippen LogP contribution >= 0.6 is 11.6 Å². The number of hydrogen-bond donors (Lipinski definition) is 2. The summed E-state index contributed by atoms with van der Waals surface area (Å²) in [5, 5.41) is 17.7. The van der Waals surface area contributed by atoms with Crippen LogP contribution in [0, 0.1) is 6.92 Å². The number of aryl methyl sites for hydroxylation is 1. The average molecular weight is 257 g/mol.